The zero-order chi connectivity index (χ0) is 9.14. The Bertz CT molecular complexity index is 300. The second-order valence-electron chi connectivity index (χ2n) is 2.40. The molecule has 0 aliphatic carbocycles. The van der Waals surface area contributed by atoms with Crippen molar-refractivity contribution < 1.29 is 14.3 Å². The molecule has 1 atom stereocenters. The van der Waals surface area contributed by atoms with Crippen LogP contribution < -0.4 is 5.46 Å². The van der Waals surface area contributed by atoms with Crippen LogP contribution in [0.3, 0.4) is 0 Å². The van der Waals surface area contributed by atoms with Gasteiger partial charge in [-0.15, -0.1) is 0 Å². The largest absolute Gasteiger partial charge is 0.488 e. The Balaban J connectivity index is 3.04. The van der Waals surface area contributed by atoms with E-state index in [1.54, 1.807) is 24.5 Å². The topological polar surface area (TPSA) is 57.5 Å². The molecule has 1 rings (SSSR count). The Morgan fingerprint density at radius 3 is 2.58 bits per heavy atom. The van der Waals surface area contributed by atoms with E-state index < -0.39 is 17.9 Å². The standard InChI is InChI=1S/C7H9BO3S/c1-12(11)7-4-2-3-6(5-7)8(9)10/h2-5,9-10H,1H3/t12-/m1/s1. The number of benzene rings is 1. The summed E-state index contributed by atoms with van der Waals surface area (Å²) in [6.07, 6.45) is 1.54. The van der Waals surface area contributed by atoms with Gasteiger partial charge < -0.3 is 10.0 Å². The number of rotatable bonds is 2. The van der Waals surface area contributed by atoms with E-state index in [9.17, 15) is 4.21 Å². The van der Waals surface area contributed by atoms with Crippen LogP contribution >= 0.6 is 0 Å². The van der Waals surface area contributed by atoms with Gasteiger partial charge in [0.1, 0.15) is 0 Å². The molecule has 3 nitrogen and oxygen atoms in total. The zero-order valence-corrected chi connectivity index (χ0v) is 7.41. The van der Waals surface area contributed by atoms with E-state index in [1.807, 2.05) is 0 Å². The Hall–Kier alpha value is -0.645. The molecule has 0 spiro atoms. The van der Waals surface area contributed by atoms with Crippen molar-refractivity contribution in [2.75, 3.05) is 6.26 Å². The molecular formula is C7H9BO3S. The SMILES string of the molecule is C[S@@](=O)c1cccc(B(O)O)c1. The average molecular weight is 184 g/mol. The minimum atomic E-state index is -1.49. The van der Waals surface area contributed by atoms with Crippen molar-refractivity contribution in [2.45, 2.75) is 4.90 Å². The van der Waals surface area contributed by atoms with Gasteiger partial charge >= 0.3 is 7.12 Å². The molecule has 0 fully saturated rings. The smallest absolute Gasteiger partial charge is 0.423 e. The molecular weight excluding hydrogens is 175 g/mol. The Morgan fingerprint density at radius 1 is 1.42 bits per heavy atom. The highest BCUT2D eigenvalue weighted by molar-refractivity contribution is 7.84. The Kier molecular flexibility index (Phi) is 3.02. The third-order valence-electron chi connectivity index (χ3n) is 1.49. The summed E-state index contributed by atoms with van der Waals surface area (Å²) in [5.74, 6) is 0. The van der Waals surface area contributed by atoms with Crippen molar-refractivity contribution in [3.05, 3.63) is 24.3 Å². The van der Waals surface area contributed by atoms with Crippen LogP contribution in [0.5, 0.6) is 0 Å². The molecule has 0 aromatic heterocycles. The van der Waals surface area contributed by atoms with Crippen LogP contribution in [0, 0.1) is 0 Å². The second-order valence-corrected chi connectivity index (χ2v) is 3.78. The first kappa shape index (κ1) is 9.44. The van der Waals surface area contributed by atoms with E-state index in [2.05, 4.69) is 0 Å². The lowest BCUT2D eigenvalue weighted by molar-refractivity contribution is 0.425. The molecule has 0 aliphatic heterocycles. The van der Waals surface area contributed by atoms with Gasteiger partial charge in [0.15, 0.2) is 0 Å². The quantitative estimate of drug-likeness (QED) is 0.586. The molecule has 0 unspecified atom stereocenters. The number of hydrogen-bond donors (Lipinski definition) is 2. The van der Waals surface area contributed by atoms with Gasteiger partial charge in [-0.05, 0) is 17.6 Å². The van der Waals surface area contributed by atoms with Gasteiger partial charge in [0.2, 0.25) is 0 Å². The second kappa shape index (κ2) is 3.84. The fourth-order valence-corrected chi connectivity index (χ4v) is 1.43. The van der Waals surface area contributed by atoms with Crippen LogP contribution in [0.2, 0.25) is 0 Å². The van der Waals surface area contributed by atoms with Crippen LogP contribution in [0.25, 0.3) is 0 Å². The molecule has 0 radical (unpaired) electrons. The summed E-state index contributed by atoms with van der Waals surface area (Å²) >= 11 is 0. The molecule has 0 heterocycles. The van der Waals surface area contributed by atoms with E-state index in [1.165, 1.54) is 6.07 Å². The van der Waals surface area contributed by atoms with Crippen molar-refractivity contribution in [1.82, 2.24) is 0 Å². The zero-order valence-electron chi connectivity index (χ0n) is 6.60. The third kappa shape index (κ3) is 2.17. The summed E-state index contributed by atoms with van der Waals surface area (Å²) in [7, 11) is -2.57. The van der Waals surface area contributed by atoms with E-state index in [4.69, 9.17) is 10.0 Å². The molecule has 64 valence electrons. The first-order valence-electron chi connectivity index (χ1n) is 3.41. The number of hydrogen-bond acceptors (Lipinski definition) is 3. The summed E-state index contributed by atoms with van der Waals surface area (Å²) in [5.41, 5.74) is 0.364. The molecule has 12 heavy (non-hydrogen) atoms. The maximum atomic E-state index is 11.0. The van der Waals surface area contributed by atoms with Gasteiger partial charge in [0, 0.05) is 22.0 Å². The maximum Gasteiger partial charge on any atom is 0.488 e. The van der Waals surface area contributed by atoms with Crippen molar-refractivity contribution in [3.63, 3.8) is 0 Å². The fraction of sp³-hybridized carbons (Fsp3) is 0.143. The minimum Gasteiger partial charge on any atom is -0.423 e. The summed E-state index contributed by atoms with van der Waals surface area (Å²) < 4.78 is 11.0. The predicted molar refractivity (Wildman–Crippen MR) is 48.6 cm³/mol. The van der Waals surface area contributed by atoms with Crippen molar-refractivity contribution in [3.8, 4) is 0 Å². The summed E-state index contributed by atoms with van der Waals surface area (Å²) in [6.45, 7) is 0. The van der Waals surface area contributed by atoms with E-state index in [0.29, 0.717) is 10.4 Å². The lowest BCUT2D eigenvalue weighted by Gasteiger charge is -2.00. The first-order valence-corrected chi connectivity index (χ1v) is 4.96. The van der Waals surface area contributed by atoms with Crippen molar-refractivity contribution >= 4 is 23.4 Å². The van der Waals surface area contributed by atoms with Crippen LogP contribution in [0.1, 0.15) is 0 Å². The molecule has 0 saturated heterocycles. The molecule has 1 aromatic carbocycles. The molecule has 5 heteroatoms. The van der Waals surface area contributed by atoms with Gasteiger partial charge in [-0.2, -0.15) is 0 Å². The molecule has 0 amide bonds. The fourth-order valence-electron chi connectivity index (χ4n) is 0.854. The van der Waals surface area contributed by atoms with Gasteiger partial charge in [-0.3, -0.25) is 4.21 Å². The summed E-state index contributed by atoms with van der Waals surface area (Å²) in [5, 5.41) is 17.6. The lowest BCUT2D eigenvalue weighted by Crippen LogP contribution is -2.29. The molecule has 0 bridgehead atoms. The first-order chi connectivity index (χ1) is 5.61. The van der Waals surface area contributed by atoms with E-state index >= 15 is 0 Å². The predicted octanol–water partition coefficient (Wildman–Crippen LogP) is -0.896. The maximum absolute atomic E-state index is 11.0. The van der Waals surface area contributed by atoms with Gasteiger partial charge in [0.25, 0.3) is 0 Å². The Morgan fingerprint density at radius 2 is 2.08 bits per heavy atom. The normalized spacial score (nSPS) is 12.6. The average Bonchev–Trinajstić information content (AvgIpc) is 2.04. The van der Waals surface area contributed by atoms with Gasteiger partial charge in [0.05, 0.1) is 0 Å². The van der Waals surface area contributed by atoms with E-state index in [-0.39, 0.29) is 0 Å². The highest BCUT2D eigenvalue weighted by Gasteiger charge is 2.11. The van der Waals surface area contributed by atoms with Crippen molar-refractivity contribution in [2.24, 2.45) is 0 Å². The minimum absolute atomic E-state index is 0.364. The molecule has 0 aliphatic rings. The molecule has 0 saturated carbocycles. The van der Waals surface area contributed by atoms with E-state index in [0.717, 1.165) is 0 Å². The summed E-state index contributed by atoms with van der Waals surface area (Å²) in [4.78, 5) is 0.598. The monoisotopic (exact) mass is 184 g/mol. The van der Waals surface area contributed by atoms with Crippen LogP contribution in [-0.2, 0) is 10.8 Å². The highest BCUT2D eigenvalue weighted by atomic mass is 32.2. The van der Waals surface area contributed by atoms with Gasteiger partial charge in [-0.25, -0.2) is 0 Å². The summed E-state index contributed by atoms with van der Waals surface area (Å²) in [6, 6.07) is 6.41. The van der Waals surface area contributed by atoms with Crippen molar-refractivity contribution in [1.29, 1.82) is 0 Å². The molecule has 1 aromatic rings. The van der Waals surface area contributed by atoms with Crippen LogP contribution in [-0.4, -0.2) is 27.6 Å². The molecule has 2 N–H and O–H groups in total. The van der Waals surface area contributed by atoms with Gasteiger partial charge in [-0.1, -0.05) is 12.1 Å². The Labute approximate surface area is 73.7 Å². The lowest BCUT2D eigenvalue weighted by atomic mass is 9.80. The van der Waals surface area contributed by atoms with Crippen LogP contribution in [0.4, 0.5) is 0 Å². The highest BCUT2D eigenvalue weighted by Crippen LogP contribution is 2.01. The third-order valence-corrected chi connectivity index (χ3v) is 2.41. The van der Waals surface area contributed by atoms with Crippen LogP contribution in [0.15, 0.2) is 29.2 Å².